The summed E-state index contributed by atoms with van der Waals surface area (Å²) in [7, 11) is 0. The van der Waals surface area contributed by atoms with Crippen LogP contribution in [0.4, 0.5) is 0 Å². The number of rotatable bonds is 3. The minimum Gasteiger partial charge on any atom is -0.324 e. The maximum atomic E-state index is 6.08. The standard InChI is InChI=1S/C14H18BrN3/c1-4-13(16)11-6-5-7-12(8-11)18-10(3)14(15)9(2)17-18/h5-8,13H,4,16H2,1-3H3. The number of nitrogens with zero attached hydrogens (tertiary/aromatic N) is 2. The Bertz CT molecular complexity index is 560. The van der Waals surface area contributed by atoms with E-state index in [1.807, 2.05) is 17.7 Å². The van der Waals surface area contributed by atoms with Crippen molar-refractivity contribution in [3.8, 4) is 5.69 Å². The monoisotopic (exact) mass is 307 g/mol. The van der Waals surface area contributed by atoms with Gasteiger partial charge in [0.1, 0.15) is 0 Å². The minimum atomic E-state index is 0.0883. The number of halogens is 1. The van der Waals surface area contributed by atoms with Gasteiger partial charge in [-0.2, -0.15) is 5.10 Å². The third kappa shape index (κ3) is 2.35. The Balaban J connectivity index is 2.48. The van der Waals surface area contributed by atoms with Crippen molar-refractivity contribution in [1.29, 1.82) is 0 Å². The average molecular weight is 308 g/mol. The van der Waals surface area contributed by atoms with Crippen LogP contribution in [0.1, 0.15) is 36.3 Å². The molecule has 4 heteroatoms. The molecule has 0 aliphatic rings. The van der Waals surface area contributed by atoms with Gasteiger partial charge in [0.2, 0.25) is 0 Å². The summed E-state index contributed by atoms with van der Waals surface area (Å²) in [6.45, 7) is 6.14. The molecule has 18 heavy (non-hydrogen) atoms. The van der Waals surface area contributed by atoms with Crippen LogP contribution in [0.25, 0.3) is 5.69 Å². The van der Waals surface area contributed by atoms with E-state index in [1.165, 1.54) is 0 Å². The maximum absolute atomic E-state index is 6.08. The molecule has 3 nitrogen and oxygen atoms in total. The summed E-state index contributed by atoms with van der Waals surface area (Å²) in [6, 6.07) is 8.35. The number of aryl methyl sites for hydroxylation is 1. The quantitative estimate of drug-likeness (QED) is 0.940. The first-order valence-electron chi connectivity index (χ1n) is 6.12. The van der Waals surface area contributed by atoms with Crippen molar-refractivity contribution in [2.45, 2.75) is 33.2 Å². The van der Waals surface area contributed by atoms with Crippen LogP contribution >= 0.6 is 15.9 Å². The molecule has 0 radical (unpaired) electrons. The Hall–Kier alpha value is -1.13. The number of benzene rings is 1. The third-order valence-electron chi connectivity index (χ3n) is 3.19. The molecule has 1 atom stereocenters. The van der Waals surface area contributed by atoms with Gasteiger partial charge in [0.25, 0.3) is 0 Å². The minimum absolute atomic E-state index is 0.0883. The van der Waals surface area contributed by atoms with Crippen LogP contribution in [0.2, 0.25) is 0 Å². The second kappa shape index (κ2) is 5.24. The van der Waals surface area contributed by atoms with Crippen molar-refractivity contribution >= 4 is 15.9 Å². The number of aromatic nitrogens is 2. The highest BCUT2D eigenvalue weighted by molar-refractivity contribution is 9.10. The number of nitrogens with two attached hydrogens (primary N) is 1. The Morgan fingerprint density at radius 2 is 2.11 bits per heavy atom. The molecule has 0 aliphatic carbocycles. The molecule has 1 aromatic heterocycles. The molecule has 0 fully saturated rings. The summed E-state index contributed by atoms with van der Waals surface area (Å²) in [5.74, 6) is 0. The molecule has 0 spiro atoms. The lowest BCUT2D eigenvalue weighted by Gasteiger charge is -2.11. The first-order chi connectivity index (χ1) is 8.54. The van der Waals surface area contributed by atoms with Crippen molar-refractivity contribution in [3.63, 3.8) is 0 Å². The SMILES string of the molecule is CCC(N)c1cccc(-n2nc(C)c(Br)c2C)c1. The fourth-order valence-electron chi connectivity index (χ4n) is 2.00. The fraction of sp³-hybridized carbons (Fsp3) is 0.357. The Kier molecular flexibility index (Phi) is 3.88. The van der Waals surface area contributed by atoms with E-state index in [0.29, 0.717) is 0 Å². The zero-order valence-electron chi connectivity index (χ0n) is 10.9. The van der Waals surface area contributed by atoms with Crippen molar-refractivity contribution in [3.05, 3.63) is 45.7 Å². The van der Waals surface area contributed by atoms with E-state index >= 15 is 0 Å². The average Bonchev–Trinajstić information content (AvgIpc) is 2.66. The normalized spacial score (nSPS) is 12.7. The van der Waals surface area contributed by atoms with Gasteiger partial charge in [-0.1, -0.05) is 19.1 Å². The van der Waals surface area contributed by atoms with Gasteiger partial charge in [0.05, 0.1) is 21.5 Å². The molecule has 0 saturated carbocycles. The molecule has 2 N–H and O–H groups in total. The topological polar surface area (TPSA) is 43.8 Å². The second-order valence-corrected chi connectivity index (χ2v) is 5.30. The van der Waals surface area contributed by atoms with Gasteiger partial charge < -0.3 is 5.73 Å². The highest BCUT2D eigenvalue weighted by Crippen LogP contribution is 2.24. The Labute approximate surface area is 116 Å². The molecule has 0 bridgehead atoms. The molecule has 1 unspecified atom stereocenters. The van der Waals surface area contributed by atoms with Crippen molar-refractivity contribution in [2.75, 3.05) is 0 Å². The van der Waals surface area contributed by atoms with Crippen LogP contribution in [0.3, 0.4) is 0 Å². The van der Waals surface area contributed by atoms with Crippen molar-refractivity contribution < 1.29 is 0 Å². The van der Waals surface area contributed by atoms with Gasteiger partial charge in [-0.25, -0.2) is 4.68 Å². The summed E-state index contributed by atoms with van der Waals surface area (Å²) in [5, 5.41) is 4.54. The van der Waals surface area contributed by atoms with E-state index in [0.717, 1.165) is 33.5 Å². The van der Waals surface area contributed by atoms with Gasteiger partial charge in [-0.05, 0) is 53.9 Å². The predicted molar refractivity (Wildman–Crippen MR) is 78.0 cm³/mol. The highest BCUT2D eigenvalue weighted by Gasteiger charge is 2.11. The Morgan fingerprint density at radius 3 is 2.67 bits per heavy atom. The smallest absolute Gasteiger partial charge is 0.0743 e. The third-order valence-corrected chi connectivity index (χ3v) is 4.33. The lowest BCUT2D eigenvalue weighted by atomic mass is 10.1. The largest absolute Gasteiger partial charge is 0.324 e. The first-order valence-corrected chi connectivity index (χ1v) is 6.91. The van der Waals surface area contributed by atoms with Crippen LogP contribution in [0, 0.1) is 13.8 Å². The molecule has 2 rings (SSSR count). The molecule has 0 aliphatic heterocycles. The lowest BCUT2D eigenvalue weighted by Crippen LogP contribution is -2.09. The van der Waals surface area contributed by atoms with Crippen LogP contribution in [-0.2, 0) is 0 Å². The van der Waals surface area contributed by atoms with Crippen molar-refractivity contribution in [2.24, 2.45) is 5.73 Å². The second-order valence-electron chi connectivity index (χ2n) is 4.51. The molecular weight excluding hydrogens is 290 g/mol. The summed E-state index contributed by atoms with van der Waals surface area (Å²) >= 11 is 3.55. The van der Waals surface area contributed by atoms with Gasteiger partial charge in [-0.15, -0.1) is 0 Å². The van der Waals surface area contributed by atoms with Gasteiger partial charge in [0, 0.05) is 6.04 Å². The van der Waals surface area contributed by atoms with Gasteiger partial charge >= 0.3 is 0 Å². The van der Waals surface area contributed by atoms with Crippen LogP contribution in [0.5, 0.6) is 0 Å². The number of hydrogen-bond donors (Lipinski definition) is 1. The van der Waals surface area contributed by atoms with E-state index < -0.39 is 0 Å². The summed E-state index contributed by atoms with van der Waals surface area (Å²) in [5.41, 5.74) is 10.4. The van der Waals surface area contributed by atoms with E-state index in [1.54, 1.807) is 0 Å². The van der Waals surface area contributed by atoms with E-state index in [9.17, 15) is 0 Å². The zero-order chi connectivity index (χ0) is 13.3. The molecular formula is C14H18BrN3. The lowest BCUT2D eigenvalue weighted by molar-refractivity contribution is 0.696. The van der Waals surface area contributed by atoms with Crippen molar-refractivity contribution in [1.82, 2.24) is 9.78 Å². The van der Waals surface area contributed by atoms with Gasteiger partial charge in [0.15, 0.2) is 0 Å². The van der Waals surface area contributed by atoms with Crippen LogP contribution < -0.4 is 5.73 Å². The predicted octanol–water partition coefficient (Wildman–Crippen LogP) is 3.66. The molecule has 0 saturated heterocycles. The highest BCUT2D eigenvalue weighted by atomic mass is 79.9. The Morgan fingerprint density at radius 1 is 1.39 bits per heavy atom. The van der Waals surface area contributed by atoms with E-state index in [-0.39, 0.29) is 6.04 Å². The van der Waals surface area contributed by atoms with Crippen LogP contribution in [0.15, 0.2) is 28.7 Å². The molecule has 2 aromatic rings. The van der Waals surface area contributed by atoms with E-state index in [4.69, 9.17) is 5.73 Å². The fourth-order valence-corrected chi connectivity index (χ4v) is 2.25. The summed E-state index contributed by atoms with van der Waals surface area (Å²) in [4.78, 5) is 0. The summed E-state index contributed by atoms with van der Waals surface area (Å²) < 4.78 is 3.01. The molecule has 0 amide bonds. The van der Waals surface area contributed by atoms with E-state index in [2.05, 4.69) is 53.1 Å². The van der Waals surface area contributed by atoms with Crippen LogP contribution in [-0.4, -0.2) is 9.78 Å². The zero-order valence-corrected chi connectivity index (χ0v) is 12.5. The summed E-state index contributed by atoms with van der Waals surface area (Å²) in [6.07, 6.45) is 0.935. The first kappa shape index (κ1) is 13.3. The molecule has 96 valence electrons. The molecule has 1 aromatic carbocycles. The molecule has 1 heterocycles. The van der Waals surface area contributed by atoms with Gasteiger partial charge in [-0.3, -0.25) is 0 Å². The maximum Gasteiger partial charge on any atom is 0.0743 e. The number of hydrogen-bond acceptors (Lipinski definition) is 2.